The van der Waals surface area contributed by atoms with Crippen molar-refractivity contribution in [1.82, 2.24) is 4.90 Å². The molecule has 3 heteroatoms. The minimum Gasteiger partial charge on any atom is -0.338 e. The normalized spacial score (nSPS) is 25.6. The molecule has 2 atom stereocenters. The molecular weight excluding hydrogens is 176 g/mol. The van der Waals surface area contributed by atoms with E-state index >= 15 is 0 Å². The Morgan fingerprint density at radius 3 is 2.79 bits per heavy atom. The highest BCUT2D eigenvalue weighted by molar-refractivity contribution is 5.81. The first-order valence-corrected chi connectivity index (χ1v) is 5.73. The average molecular weight is 198 g/mol. The third-order valence-electron chi connectivity index (χ3n) is 3.02. The second-order valence-electron chi connectivity index (χ2n) is 4.23. The number of carbonyl (C=O) groups is 1. The summed E-state index contributed by atoms with van der Waals surface area (Å²) in [5.41, 5.74) is 5.64. The topological polar surface area (TPSA) is 46.3 Å². The van der Waals surface area contributed by atoms with Crippen molar-refractivity contribution < 1.29 is 4.79 Å². The first-order valence-electron chi connectivity index (χ1n) is 5.73. The minimum absolute atomic E-state index is 0.124. The van der Waals surface area contributed by atoms with Gasteiger partial charge in [-0.2, -0.15) is 0 Å². The predicted octanol–water partition coefficient (Wildman–Crippen LogP) is 1.51. The number of rotatable bonds is 2. The van der Waals surface area contributed by atoms with E-state index in [9.17, 15) is 4.79 Å². The van der Waals surface area contributed by atoms with Crippen molar-refractivity contribution in [3.63, 3.8) is 0 Å². The minimum atomic E-state index is -0.345. The van der Waals surface area contributed by atoms with Crippen LogP contribution < -0.4 is 5.73 Å². The molecule has 0 radical (unpaired) electrons. The zero-order valence-corrected chi connectivity index (χ0v) is 9.33. The number of nitrogens with two attached hydrogens (primary N) is 1. The molecule has 1 fully saturated rings. The Balaban J connectivity index is 2.65. The summed E-state index contributed by atoms with van der Waals surface area (Å²) in [4.78, 5) is 13.8. The van der Waals surface area contributed by atoms with Gasteiger partial charge in [0.1, 0.15) is 0 Å². The van der Waals surface area contributed by atoms with Crippen LogP contribution in [-0.2, 0) is 4.79 Å². The molecule has 1 aliphatic rings. The summed E-state index contributed by atoms with van der Waals surface area (Å²) in [5.74, 6) is 0.124. The summed E-state index contributed by atoms with van der Waals surface area (Å²) in [6, 6.07) is 0.0816. The van der Waals surface area contributed by atoms with Crippen molar-refractivity contribution >= 4 is 5.91 Å². The monoisotopic (exact) mass is 198 g/mol. The van der Waals surface area contributed by atoms with Gasteiger partial charge in [-0.25, -0.2) is 0 Å². The van der Waals surface area contributed by atoms with Crippen LogP contribution in [-0.4, -0.2) is 29.4 Å². The SMILES string of the molecule is CCC1CCCCCN1C(=O)C(C)N. The fourth-order valence-corrected chi connectivity index (χ4v) is 2.15. The molecule has 2 N–H and O–H groups in total. The van der Waals surface area contributed by atoms with Crippen LogP contribution in [0.4, 0.5) is 0 Å². The summed E-state index contributed by atoms with van der Waals surface area (Å²) in [6.45, 7) is 4.83. The maximum absolute atomic E-state index is 11.8. The van der Waals surface area contributed by atoms with Gasteiger partial charge in [-0.15, -0.1) is 0 Å². The highest BCUT2D eigenvalue weighted by Gasteiger charge is 2.25. The molecule has 0 aromatic heterocycles. The first-order chi connectivity index (χ1) is 6.66. The van der Waals surface area contributed by atoms with Crippen LogP contribution in [0.15, 0.2) is 0 Å². The molecule has 14 heavy (non-hydrogen) atoms. The Kier molecular flexibility index (Phi) is 4.39. The van der Waals surface area contributed by atoms with Gasteiger partial charge in [-0.05, 0) is 26.2 Å². The molecule has 1 heterocycles. The van der Waals surface area contributed by atoms with Gasteiger partial charge < -0.3 is 10.6 Å². The third-order valence-corrected chi connectivity index (χ3v) is 3.02. The van der Waals surface area contributed by atoms with Crippen LogP contribution in [0.5, 0.6) is 0 Å². The lowest BCUT2D eigenvalue weighted by atomic mass is 10.1. The first kappa shape index (κ1) is 11.5. The van der Waals surface area contributed by atoms with Crippen molar-refractivity contribution in [3.8, 4) is 0 Å². The van der Waals surface area contributed by atoms with Gasteiger partial charge in [0.05, 0.1) is 6.04 Å². The van der Waals surface area contributed by atoms with Gasteiger partial charge in [0.15, 0.2) is 0 Å². The summed E-state index contributed by atoms with van der Waals surface area (Å²) in [7, 11) is 0. The Morgan fingerprint density at radius 2 is 2.21 bits per heavy atom. The second-order valence-corrected chi connectivity index (χ2v) is 4.23. The summed E-state index contributed by atoms with van der Waals surface area (Å²) in [5, 5.41) is 0. The average Bonchev–Trinajstić information content (AvgIpc) is 2.40. The number of hydrogen-bond donors (Lipinski definition) is 1. The number of hydrogen-bond acceptors (Lipinski definition) is 2. The Morgan fingerprint density at radius 1 is 1.50 bits per heavy atom. The van der Waals surface area contributed by atoms with E-state index in [1.54, 1.807) is 6.92 Å². The number of amides is 1. The van der Waals surface area contributed by atoms with Crippen LogP contribution in [0.2, 0.25) is 0 Å². The maximum Gasteiger partial charge on any atom is 0.239 e. The number of carbonyl (C=O) groups excluding carboxylic acids is 1. The van der Waals surface area contributed by atoms with Gasteiger partial charge in [-0.3, -0.25) is 4.79 Å². The predicted molar refractivity (Wildman–Crippen MR) is 57.9 cm³/mol. The molecule has 0 spiro atoms. The van der Waals surface area contributed by atoms with E-state index in [1.165, 1.54) is 12.8 Å². The molecule has 3 nitrogen and oxygen atoms in total. The highest BCUT2D eigenvalue weighted by Crippen LogP contribution is 2.19. The molecule has 0 aromatic carbocycles. The van der Waals surface area contributed by atoms with Crippen LogP contribution in [0.3, 0.4) is 0 Å². The van der Waals surface area contributed by atoms with Crippen molar-refractivity contribution in [2.24, 2.45) is 5.73 Å². The molecule has 0 aliphatic carbocycles. The van der Waals surface area contributed by atoms with Gasteiger partial charge in [0, 0.05) is 12.6 Å². The highest BCUT2D eigenvalue weighted by atomic mass is 16.2. The molecule has 1 aliphatic heterocycles. The van der Waals surface area contributed by atoms with E-state index in [-0.39, 0.29) is 11.9 Å². The van der Waals surface area contributed by atoms with E-state index in [0.29, 0.717) is 6.04 Å². The van der Waals surface area contributed by atoms with E-state index in [0.717, 1.165) is 25.8 Å². The lowest BCUT2D eigenvalue weighted by Crippen LogP contribution is -2.47. The van der Waals surface area contributed by atoms with Crippen molar-refractivity contribution in [1.29, 1.82) is 0 Å². The van der Waals surface area contributed by atoms with E-state index < -0.39 is 0 Å². The van der Waals surface area contributed by atoms with Crippen LogP contribution in [0, 0.1) is 0 Å². The molecule has 1 rings (SSSR count). The molecule has 0 bridgehead atoms. The van der Waals surface area contributed by atoms with Crippen LogP contribution in [0.25, 0.3) is 0 Å². The third kappa shape index (κ3) is 2.71. The molecule has 1 saturated heterocycles. The largest absolute Gasteiger partial charge is 0.338 e. The summed E-state index contributed by atoms with van der Waals surface area (Å²) < 4.78 is 0. The Hall–Kier alpha value is -0.570. The molecule has 82 valence electrons. The molecule has 0 saturated carbocycles. The zero-order valence-electron chi connectivity index (χ0n) is 9.33. The number of nitrogens with zero attached hydrogens (tertiary/aromatic N) is 1. The molecule has 2 unspecified atom stereocenters. The second kappa shape index (κ2) is 5.35. The molecular formula is C11H22N2O. The van der Waals surface area contributed by atoms with E-state index in [1.807, 2.05) is 4.90 Å². The van der Waals surface area contributed by atoms with E-state index in [4.69, 9.17) is 5.73 Å². The van der Waals surface area contributed by atoms with Crippen molar-refractivity contribution in [2.75, 3.05) is 6.54 Å². The Labute approximate surface area is 86.6 Å². The lowest BCUT2D eigenvalue weighted by molar-refractivity contribution is -0.134. The lowest BCUT2D eigenvalue weighted by Gasteiger charge is -2.30. The number of likely N-dealkylation sites (tertiary alicyclic amines) is 1. The summed E-state index contributed by atoms with van der Waals surface area (Å²) in [6.07, 6.45) is 5.84. The van der Waals surface area contributed by atoms with E-state index in [2.05, 4.69) is 6.92 Å². The fraction of sp³-hybridized carbons (Fsp3) is 0.909. The van der Waals surface area contributed by atoms with Gasteiger partial charge >= 0.3 is 0 Å². The standard InChI is InChI=1S/C11H22N2O/c1-3-10-7-5-4-6-8-13(10)11(14)9(2)12/h9-10H,3-8,12H2,1-2H3. The maximum atomic E-state index is 11.8. The fourth-order valence-electron chi connectivity index (χ4n) is 2.15. The Bertz CT molecular complexity index is 192. The van der Waals surface area contributed by atoms with Crippen LogP contribution >= 0.6 is 0 Å². The molecule has 1 amide bonds. The zero-order chi connectivity index (χ0) is 10.6. The van der Waals surface area contributed by atoms with Gasteiger partial charge in [0.2, 0.25) is 5.91 Å². The van der Waals surface area contributed by atoms with Crippen molar-refractivity contribution in [2.45, 2.75) is 58.0 Å². The van der Waals surface area contributed by atoms with Crippen LogP contribution in [0.1, 0.15) is 46.0 Å². The van der Waals surface area contributed by atoms with Gasteiger partial charge in [-0.1, -0.05) is 19.8 Å². The van der Waals surface area contributed by atoms with Gasteiger partial charge in [0.25, 0.3) is 0 Å². The summed E-state index contributed by atoms with van der Waals surface area (Å²) >= 11 is 0. The smallest absolute Gasteiger partial charge is 0.239 e. The quantitative estimate of drug-likeness (QED) is 0.731. The molecule has 0 aromatic rings. The van der Waals surface area contributed by atoms with Crippen molar-refractivity contribution in [3.05, 3.63) is 0 Å².